The number of carbonyl (C=O) groups excluding carboxylic acids is 2. The molecule has 1 aromatic rings. The van der Waals surface area contributed by atoms with E-state index in [1.54, 1.807) is 18.2 Å². The lowest BCUT2D eigenvalue weighted by Crippen LogP contribution is -2.13. The molecule has 0 atom stereocenters. The number of fused-ring (bicyclic) bond motifs is 1. The Hall–Kier alpha value is -2.16. The Kier molecular flexibility index (Phi) is 11.1. The summed E-state index contributed by atoms with van der Waals surface area (Å²) in [5.74, 6) is 0.652. The van der Waals surface area contributed by atoms with Crippen molar-refractivity contribution in [1.82, 2.24) is 0 Å². The minimum atomic E-state index is -0.465. The van der Waals surface area contributed by atoms with E-state index in [-0.39, 0.29) is 12.4 Å². The second kappa shape index (κ2) is 13.9. The number of carbonyl (C=O) groups is 2. The molecule has 2 rings (SSSR count). The molecule has 0 N–H and O–H groups in total. The molecule has 0 aromatic heterocycles. The fourth-order valence-corrected chi connectivity index (χ4v) is 2.52. The van der Waals surface area contributed by atoms with E-state index in [2.05, 4.69) is 0 Å². The average molecular weight is 410 g/mol. The zero-order valence-corrected chi connectivity index (χ0v) is 17.0. The Morgan fingerprint density at radius 3 is 2.07 bits per heavy atom. The van der Waals surface area contributed by atoms with E-state index in [0.717, 1.165) is 0 Å². The number of ketones is 1. The zero-order chi connectivity index (χ0) is 20.7. The van der Waals surface area contributed by atoms with E-state index in [9.17, 15) is 9.59 Å². The van der Waals surface area contributed by atoms with Gasteiger partial charge in [-0.15, -0.1) is 0 Å². The van der Waals surface area contributed by atoms with Crippen molar-refractivity contribution in [3.63, 3.8) is 0 Å². The number of hydrogen-bond donors (Lipinski definition) is 0. The predicted octanol–water partition coefficient (Wildman–Crippen LogP) is 2.42. The third-order valence-corrected chi connectivity index (χ3v) is 4.12. The number of ether oxygens (including phenoxy) is 6. The van der Waals surface area contributed by atoms with Crippen LogP contribution in [-0.2, 0) is 23.7 Å². The first-order valence-electron chi connectivity index (χ1n) is 10.0. The molecule has 8 heteroatoms. The molecular formula is C21H30O8. The lowest BCUT2D eigenvalue weighted by Gasteiger charge is -2.14. The van der Waals surface area contributed by atoms with Crippen LogP contribution in [0.5, 0.6) is 11.5 Å². The Morgan fingerprint density at radius 2 is 1.45 bits per heavy atom. The van der Waals surface area contributed by atoms with Crippen LogP contribution in [0.1, 0.15) is 36.5 Å². The molecule has 1 heterocycles. The first kappa shape index (κ1) is 23.1. The lowest BCUT2D eigenvalue weighted by atomic mass is 10.2. The maximum Gasteiger partial charge on any atom is 0.338 e. The van der Waals surface area contributed by atoms with E-state index < -0.39 is 5.97 Å². The van der Waals surface area contributed by atoms with Crippen LogP contribution in [0.3, 0.4) is 0 Å². The Morgan fingerprint density at radius 1 is 0.862 bits per heavy atom. The van der Waals surface area contributed by atoms with Gasteiger partial charge >= 0.3 is 5.97 Å². The molecule has 0 radical (unpaired) electrons. The predicted molar refractivity (Wildman–Crippen MR) is 105 cm³/mol. The fourth-order valence-electron chi connectivity index (χ4n) is 2.52. The van der Waals surface area contributed by atoms with Crippen LogP contribution in [0.4, 0.5) is 0 Å². The summed E-state index contributed by atoms with van der Waals surface area (Å²) >= 11 is 0. The van der Waals surface area contributed by atoms with Crippen LogP contribution in [0.15, 0.2) is 18.2 Å². The van der Waals surface area contributed by atoms with Crippen LogP contribution in [0, 0.1) is 0 Å². The monoisotopic (exact) mass is 410 g/mol. The van der Waals surface area contributed by atoms with E-state index in [4.69, 9.17) is 28.4 Å². The minimum absolute atomic E-state index is 0.159. The van der Waals surface area contributed by atoms with Crippen LogP contribution < -0.4 is 9.47 Å². The van der Waals surface area contributed by atoms with Gasteiger partial charge in [0.25, 0.3) is 0 Å². The summed E-state index contributed by atoms with van der Waals surface area (Å²) in [5, 5.41) is 0. The Balaban J connectivity index is 1.93. The number of esters is 1. The molecule has 0 spiro atoms. The van der Waals surface area contributed by atoms with Crippen molar-refractivity contribution in [2.24, 2.45) is 0 Å². The molecule has 0 aliphatic carbocycles. The second-order valence-electron chi connectivity index (χ2n) is 6.33. The average Bonchev–Trinajstić information content (AvgIpc) is 2.75. The van der Waals surface area contributed by atoms with Crippen LogP contribution in [-0.4, -0.2) is 71.2 Å². The molecule has 0 amide bonds. The molecule has 0 saturated heterocycles. The summed E-state index contributed by atoms with van der Waals surface area (Å²) in [7, 11) is 0. The fraction of sp³-hybridized carbons (Fsp3) is 0.619. The van der Waals surface area contributed by atoms with Gasteiger partial charge in [0.1, 0.15) is 19.0 Å². The summed E-state index contributed by atoms with van der Waals surface area (Å²) in [6, 6.07) is 4.90. The minimum Gasteiger partial charge on any atom is -0.487 e. The molecule has 1 aliphatic heterocycles. The maximum atomic E-state index is 12.3. The van der Waals surface area contributed by atoms with Crippen molar-refractivity contribution in [3.05, 3.63) is 23.8 Å². The lowest BCUT2D eigenvalue weighted by molar-refractivity contribution is -0.119. The Bertz CT molecular complexity index is 631. The zero-order valence-electron chi connectivity index (χ0n) is 17.0. The largest absolute Gasteiger partial charge is 0.487 e. The molecular weight excluding hydrogens is 380 g/mol. The van der Waals surface area contributed by atoms with Gasteiger partial charge in [0.15, 0.2) is 11.5 Å². The van der Waals surface area contributed by atoms with Crippen LogP contribution in [0.25, 0.3) is 0 Å². The summed E-state index contributed by atoms with van der Waals surface area (Å²) in [5.41, 5.74) is 0.359. The van der Waals surface area contributed by atoms with Gasteiger partial charge in [0, 0.05) is 12.8 Å². The highest BCUT2D eigenvalue weighted by atomic mass is 16.6. The van der Waals surface area contributed by atoms with Gasteiger partial charge in [-0.25, -0.2) is 4.79 Å². The van der Waals surface area contributed by atoms with Gasteiger partial charge in [-0.2, -0.15) is 0 Å². The van der Waals surface area contributed by atoms with Crippen molar-refractivity contribution in [2.45, 2.75) is 26.2 Å². The first-order valence-corrected chi connectivity index (χ1v) is 10.0. The van der Waals surface area contributed by atoms with Crippen molar-refractivity contribution < 1.29 is 38.0 Å². The number of rotatable bonds is 6. The van der Waals surface area contributed by atoms with Gasteiger partial charge in [-0.1, -0.05) is 6.92 Å². The highest BCUT2D eigenvalue weighted by Gasteiger charge is 2.14. The molecule has 0 saturated carbocycles. The number of benzene rings is 1. The quantitative estimate of drug-likeness (QED) is 0.522. The molecule has 1 aliphatic rings. The third-order valence-electron chi connectivity index (χ3n) is 4.12. The summed E-state index contributed by atoms with van der Waals surface area (Å²) in [6.45, 7) is 5.45. The van der Waals surface area contributed by atoms with Gasteiger partial charge in [0.2, 0.25) is 0 Å². The van der Waals surface area contributed by atoms with E-state index >= 15 is 0 Å². The van der Waals surface area contributed by atoms with Gasteiger partial charge < -0.3 is 28.4 Å². The highest BCUT2D eigenvalue weighted by Crippen LogP contribution is 2.29. The number of Topliss-reactive ketones (excluding diaryl/α,β-unsaturated/α-hetero) is 1. The topological polar surface area (TPSA) is 89.5 Å². The third kappa shape index (κ3) is 9.25. The van der Waals surface area contributed by atoms with E-state index in [1.165, 1.54) is 0 Å². The summed E-state index contributed by atoms with van der Waals surface area (Å²) in [4.78, 5) is 23.6. The summed E-state index contributed by atoms with van der Waals surface area (Å²) in [6.07, 6.45) is 1.43. The van der Waals surface area contributed by atoms with Crippen molar-refractivity contribution in [2.75, 3.05) is 59.5 Å². The normalized spacial score (nSPS) is 16.3. The molecule has 0 fully saturated rings. The smallest absolute Gasteiger partial charge is 0.338 e. The van der Waals surface area contributed by atoms with E-state index in [0.29, 0.717) is 89.2 Å². The molecule has 1 aromatic carbocycles. The highest BCUT2D eigenvalue weighted by molar-refractivity contribution is 5.90. The van der Waals surface area contributed by atoms with Crippen LogP contribution in [0.2, 0.25) is 0 Å². The molecule has 162 valence electrons. The van der Waals surface area contributed by atoms with Crippen LogP contribution >= 0.6 is 0 Å². The van der Waals surface area contributed by atoms with Gasteiger partial charge in [-0.05, 0) is 24.6 Å². The van der Waals surface area contributed by atoms with Crippen molar-refractivity contribution in [3.8, 4) is 11.5 Å². The molecule has 0 unspecified atom stereocenters. The molecule has 29 heavy (non-hydrogen) atoms. The molecule has 8 nitrogen and oxygen atoms in total. The molecule has 0 bridgehead atoms. The first-order chi connectivity index (χ1) is 14.2. The van der Waals surface area contributed by atoms with Gasteiger partial charge in [-0.3, -0.25) is 4.79 Å². The second-order valence-corrected chi connectivity index (χ2v) is 6.33. The standard InChI is InChI=1S/C21H30O8/c1-2-18(22)4-3-7-29-21(23)17-5-6-19-20(16-17)28-15-13-26-11-9-24-8-10-25-12-14-27-19/h5-6,16H,2-4,7-15H2,1H3. The number of hydrogen-bond acceptors (Lipinski definition) is 8. The van der Waals surface area contributed by atoms with Gasteiger partial charge in [0.05, 0.1) is 51.8 Å². The Labute approximate surface area is 171 Å². The SMILES string of the molecule is CCC(=O)CCCOC(=O)c1ccc2c(c1)OCCOCCOCCOCCO2. The van der Waals surface area contributed by atoms with Crippen molar-refractivity contribution >= 4 is 11.8 Å². The van der Waals surface area contributed by atoms with Crippen molar-refractivity contribution in [1.29, 1.82) is 0 Å². The summed E-state index contributed by atoms with van der Waals surface area (Å²) < 4.78 is 33.0. The maximum absolute atomic E-state index is 12.3. The van der Waals surface area contributed by atoms with E-state index in [1.807, 2.05) is 6.92 Å².